The Morgan fingerprint density at radius 2 is 1.88 bits per heavy atom. The summed E-state index contributed by atoms with van der Waals surface area (Å²) in [5, 5.41) is 0. The maximum atomic E-state index is 11.8. The van der Waals surface area contributed by atoms with E-state index in [1.807, 2.05) is 53.1 Å². The van der Waals surface area contributed by atoms with E-state index in [0.717, 1.165) is 30.2 Å². The van der Waals surface area contributed by atoms with Gasteiger partial charge in [0, 0.05) is 30.7 Å². The van der Waals surface area contributed by atoms with Crippen LogP contribution in [0.4, 0.5) is 0 Å². The van der Waals surface area contributed by atoms with Crippen LogP contribution in [0.15, 0.2) is 36.4 Å². The van der Waals surface area contributed by atoms with Crippen LogP contribution in [0.1, 0.15) is 5.56 Å². The van der Waals surface area contributed by atoms with Gasteiger partial charge in [-0.1, -0.05) is 30.3 Å². The van der Waals surface area contributed by atoms with E-state index in [1.165, 1.54) is 0 Å². The molecular weight excluding hydrogens is 218 g/mol. The molecule has 3 heteroatoms. The van der Waals surface area contributed by atoms with Gasteiger partial charge >= 0.3 is 0 Å². The molecule has 2 rings (SSSR count). The third-order valence-corrected chi connectivity index (χ3v) is 3.48. The molecule has 1 fully saturated rings. The highest BCUT2D eigenvalue weighted by atomic mass is 32.2. The van der Waals surface area contributed by atoms with Crippen molar-refractivity contribution in [2.75, 3.05) is 24.6 Å². The number of nitrogens with zero attached hydrogens (tertiary/aromatic N) is 1. The number of hydrogen-bond acceptors (Lipinski definition) is 2. The normalized spacial score (nSPS) is 16.6. The molecule has 0 aliphatic carbocycles. The molecule has 0 aromatic heterocycles. The molecule has 0 bridgehead atoms. The van der Waals surface area contributed by atoms with Crippen LogP contribution in [0.3, 0.4) is 0 Å². The van der Waals surface area contributed by atoms with Gasteiger partial charge < -0.3 is 4.90 Å². The smallest absolute Gasteiger partial charge is 0.246 e. The van der Waals surface area contributed by atoms with Crippen molar-refractivity contribution in [3.05, 3.63) is 42.0 Å². The van der Waals surface area contributed by atoms with Crippen LogP contribution >= 0.6 is 11.8 Å². The van der Waals surface area contributed by atoms with Crippen LogP contribution in [-0.4, -0.2) is 35.4 Å². The minimum atomic E-state index is 0.129. The van der Waals surface area contributed by atoms with Crippen molar-refractivity contribution in [3.8, 4) is 0 Å². The summed E-state index contributed by atoms with van der Waals surface area (Å²) in [5.41, 5.74) is 1.07. The second-order valence-electron chi connectivity index (χ2n) is 3.68. The molecule has 0 unspecified atom stereocenters. The van der Waals surface area contributed by atoms with E-state index in [4.69, 9.17) is 0 Å². The Hall–Kier alpha value is -1.22. The van der Waals surface area contributed by atoms with E-state index in [1.54, 1.807) is 6.08 Å². The zero-order valence-corrected chi connectivity index (χ0v) is 9.95. The Labute approximate surface area is 100 Å². The summed E-state index contributed by atoms with van der Waals surface area (Å²) in [6.45, 7) is 1.76. The zero-order chi connectivity index (χ0) is 11.2. The highest BCUT2D eigenvalue weighted by molar-refractivity contribution is 7.99. The maximum absolute atomic E-state index is 11.8. The standard InChI is InChI=1S/C13H15NOS/c15-13(14-8-10-16-11-9-14)7-6-12-4-2-1-3-5-12/h1-7H,8-11H2/b7-6+. The van der Waals surface area contributed by atoms with Gasteiger partial charge in [-0.3, -0.25) is 4.79 Å². The molecule has 2 nitrogen and oxygen atoms in total. The second kappa shape index (κ2) is 5.75. The first-order valence-electron chi connectivity index (χ1n) is 5.46. The lowest BCUT2D eigenvalue weighted by Gasteiger charge is -2.25. The number of rotatable bonds is 2. The minimum Gasteiger partial charge on any atom is -0.338 e. The summed E-state index contributed by atoms with van der Waals surface area (Å²) in [7, 11) is 0. The predicted octanol–water partition coefficient (Wildman–Crippen LogP) is 2.28. The molecule has 0 radical (unpaired) electrons. The number of carbonyl (C=O) groups excluding carboxylic acids is 1. The zero-order valence-electron chi connectivity index (χ0n) is 9.13. The van der Waals surface area contributed by atoms with E-state index in [2.05, 4.69) is 0 Å². The number of amides is 1. The van der Waals surface area contributed by atoms with Gasteiger partial charge in [0.2, 0.25) is 5.91 Å². The van der Waals surface area contributed by atoms with Gasteiger partial charge in [-0.25, -0.2) is 0 Å². The molecule has 1 aromatic rings. The summed E-state index contributed by atoms with van der Waals surface area (Å²) in [4.78, 5) is 13.7. The molecule has 1 saturated heterocycles. The second-order valence-corrected chi connectivity index (χ2v) is 4.91. The highest BCUT2D eigenvalue weighted by Crippen LogP contribution is 2.10. The minimum absolute atomic E-state index is 0.129. The Balaban J connectivity index is 1.93. The van der Waals surface area contributed by atoms with Crippen LogP contribution in [0.25, 0.3) is 6.08 Å². The lowest BCUT2D eigenvalue weighted by atomic mass is 10.2. The first-order chi connectivity index (χ1) is 7.86. The molecular formula is C13H15NOS. The largest absolute Gasteiger partial charge is 0.338 e. The fraction of sp³-hybridized carbons (Fsp3) is 0.308. The van der Waals surface area contributed by atoms with Gasteiger partial charge in [0.05, 0.1) is 0 Å². The van der Waals surface area contributed by atoms with Gasteiger partial charge in [-0.15, -0.1) is 0 Å². The average Bonchev–Trinajstić information content (AvgIpc) is 2.38. The molecule has 1 amide bonds. The van der Waals surface area contributed by atoms with Crippen molar-refractivity contribution >= 4 is 23.7 Å². The quantitative estimate of drug-likeness (QED) is 0.730. The van der Waals surface area contributed by atoms with E-state index in [-0.39, 0.29) is 5.91 Å². The van der Waals surface area contributed by atoms with E-state index < -0.39 is 0 Å². The summed E-state index contributed by atoms with van der Waals surface area (Å²) in [6.07, 6.45) is 3.55. The summed E-state index contributed by atoms with van der Waals surface area (Å²) < 4.78 is 0. The number of hydrogen-bond donors (Lipinski definition) is 0. The number of benzene rings is 1. The molecule has 1 aliphatic rings. The van der Waals surface area contributed by atoms with Crippen LogP contribution in [-0.2, 0) is 4.79 Å². The molecule has 84 valence electrons. The number of carbonyl (C=O) groups is 1. The third-order valence-electron chi connectivity index (χ3n) is 2.54. The van der Waals surface area contributed by atoms with Crippen molar-refractivity contribution in [3.63, 3.8) is 0 Å². The molecule has 0 N–H and O–H groups in total. The molecule has 0 atom stereocenters. The van der Waals surface area contributed by atoms with E-state index >= 15 is 0 Å². The predicted molar refractivity (Wildman–Crippen MR) is 69.4 cm³/mol. The molecule has 16 heavy (non-hydrogen) atoms. The Kier molecular flexibility index (Phi) is 4.05. The Morgan fingerprint density at radius 1 is 1.19 bits per heavy atom. The lowest BCUT2D eigenvalue weighted by molar-refractivity contribution is -0.125. The topological polar surface area (TPSA) is 20.3 Å². The van der Waals surface area contributed by atoms with Gasteiger partial charge in [-0.2, -0.15) is 11.8 Å². The van der Waals surface area contributed by atoms with Crippen molar-refractivity contribution in [2.24, 2.45) is 0 Å². The van der Waals surface area contributed by atoms with Crippen LogP contribution in [0.5, 0.6) is 0 Å². The fourth-order valence-electron chi connectivity index (χ4n) is 1.62. The molecule has 0 spiro atoms. The summed E-state index contributed by atoms with van der Waals surface area (Å²) >= 11 is 1.91. The van der Waals surface area contributed by atoms with Crippen LogP contribution in [0, 0.1) is 0 Å². The van der Waals surface area contributed by atoms with Gasteiger partial charge in [0.25, 0.3) is 0 Å². The Bertz CT molecular complexity index is 369. The monoisotopic (exact) mass is 233 g/mol. The molecule has 1 aliphatic heterocycles. The maximum Gasteiger partial charge on any atom is 0.246 e. The molecule has 1 heterocycles. The Morgan fingerprint density at radius 3 is 2.56 bits per heavy atom. The van der Waals surface area contributed by atoms with Crippen molar-refractivity contribution in [1.29, 1.82) is 0 Å². The number of thioether (sulfide) groups is 1. The van der Waals surface area contributed by atoms with Gasteiger partial charge in [0.15, 0.2) is 0 Å². The van der Waals surface area contributed by atoms with Crippen LogP contribution in [0.2, 0.25) is 0 Å². The highest BCUT2D eigenvalue weighted by Gasteiger charge is 2.13. The van der Waals surface area contributed by atoms with Crippen molar-refractivity contribution < 1.29 is 4.79 Å². The molecule has 0 saturated carbocycles. The summed E-state index contributed by atoms with van der Waals surface area (Å²) in [6, 6.07) is 9.91. The fourth-order valence-corrected chi connectivity index (χ4v) is 2.52. The molecule has 1 aromatic carbocycles. The first kappa shape index (κ1) is 11.3. The average molecular weight is 233 g/mol. The first-order valence-corrected chi connectivity index (χ1v) is 6.61. The summed E-state index contributed by atoms with van der Waals surface area (Å²) in [5.74, 6) is 2.25. The lowest BCUT2D eigenvalue weighted by Crippen LogP contribution is -2.36. The SMILES string of the molecule is O=C(/C=C/c1ccccc1)N1CCSCC1. The van der Waals surface area contributed by atoms with Gasteiger partial charge in [-0.05, 0) is 11.6 Å². The van der Waals surface area contributed by atoms with Crippen LogP contribution < -0.4 is 0 Å². The van der Waals surface area contributed by atoms with E-state index in [9.17, 15) is 4.79 Å². The van der Waals surface area contributed by atoms with Gasteiger partial charge in [0.1, 0.15) is 0 Å². The van der Waals surface area contributed by atoms with Crippen molar-refractivity contribution in [1.82, 2.24) is 4.90 Å². The third kappa shape index (κ3) is 3.14. The van der Waals surface area contributed by atoms with E-state index in [0.29, 0.717) is 0 Å². The van der Waals surface area contributed by atoms with Crippen molar-refractivity contribution in [2.45, 2.75) is 0 Å².